The van der Waals surface area contributed by atoms with Crippen LogP contribution < -0.4 is 0 Å². The van der Waals surface area contributed by atoms with Crippen LogP contribution in [0.15, 0.2) is 48.7 Å². The van der Waals surface area contributed by atoms with Crippen molar-refractivity contribution in [3.8, 4) is 22.3 Å². The fourth-order valence-electron chi connectivity index (χ4n) is 2.43. The number of carboxylic acids is 1. The van der Waals surface area contributed by atoms with Gasteiger partial charge in [-0.15, -0.1) is 0 Å². The Bertz CT molecular complexity index is 989. The van der Waals surface area contributed by atoms with Crippen LogP contribution in [0, 0.1) is 23.3 Å². The molecule has 0 fully saturated rings. The standard InChI is InChI=1S/C18H9F4NO2/c19-13-5-1-3-10(15(13)21)9-7-12(17(18(24)25)23-8-9)11-4-2-6-14(20)16(11)22/h1-8H,(H,24,25). The number of carboxylic acid groups (broad SMARTS) is 1. The average molecular weight is 347 g/mol. The first-order chi connectivity index (χ1) is 11.9. The van der Waals surface area contributed by atoms with Crippen LogP contribution in [0.25, 0.3) is 22.3 Å². The summed E-state index contributed by atoms with van der Waals surface area (Å²) in [4.78, 5) is 15.0. The summed E-state index contributed by atoms with van der Waals surface area (Å²) in [7, 11) is 0. The van der Waals surface area contributed by atoms with Gasteiger partial charge in [0.15, 0.2) is 29.0 Å². The van der Waals surface area contributed by atoms with E-state index in [2.05, 4.69) is 4.98 Å². The summed E-state index contributed by atoms with van der Waals surface area (Å²) < 4.78 is 54.9. The SMILES string of the molecule is O=C(O)c1ncc(-c2cccc(F)c2F)cc1-c1cccc(F)c1F. The summed E-state index contributed by atoms with van der Waals surface area (Å²) in [6.45, 7) is 0. The first kappa shape index (κ1) is 16.6. The molecule has 3 aromatic rings. The number of aromatic nitrogens is 1. The highest BCUT2D eigenvalue weighted by molar-refractivity contribution is 5.95. The van der Waals surface area contributed by atoms with Crippen LogP contribution in [0.3, 0.4) is 0 Å². The molecule has 0 saturated carbocycles. The largest absolute Gasteiger partial charge is 0.476 e. The monoisotopic (exact) mass is 347 g/mol. The number of halogens is 4. The van der Waals surface area contributed by atoms with Gasteiger partial charge < -0.3 is 5.11 Å². The van der Waals surface area contributed by atoms with Crippen LogP contribution in [0.4, 0.5) is 17.6 Å². The third-order valence-corrected chi connectivity index (χ3v) is 3.59. The fraction of sp³-hybridized carbons (Fsp3) is 0. The maximum atomic E-state index is 14.1. The van der Waals surface area contributed by atoms with E-state index in [-0.39, 0.29) is 22.3 Å². The van der Waals surface area contributed by atoms with E-state index in [1.165, 1.54) is 24.3 Å². The number of hydrogen-bond acceptors (Lipinski definition) is 2. The van der Waals surface area contributed by atoms with E-state index in [9.17, 15) is 27.5 Å². The molecule has 0 bridgehead atoms. The number of rotatable bonds is 3. The third kappa shape index (κ3) is 2.96. The number of nitrogens with zero attached hydrogens (tertiary/aromatic N) is 1. The van der Waals surface area contributed by atoms with Crippen LogP contribution in [-0.4, -0.2) is 16.1 Å². The van der Waals surface area contributed by atoms with Crippen LogP contribution in [0.2, 0.25) is 0 Å². The molecule has 3 nitrogen and oxygen atoms in total. The van der Waals surface area contributed by atoms with Gasteiger partial charge in [0, 0.05) is 28.5 Å². The van der Waals surface area contributed by atoms with Crippen molar-refractivity contribution in [2.75, 3.05) is 0 Å². The zero-order valence-corrected chi connectivity index (χ0v) is 12.4. The van der Waals surface area contributed by atoms with Crippen LogP contribution in [0.1, 0.15) is 10.5 Å². The molecule has 0 saturated heterocycles. The average Bonchev–Trinajstić information content (AvgIpc) is 2.59. The predicted octanol–water partition coefficient (Wildman–Crippen LogP) is 4.67. The summed E-state index contributed by atoms with van der Waals surface area (Å²) in [5, 5.41) is 9.23. The second kappa shape index (κ2) is 6.35. The van der Waals surface area contributed by atoms with Crippen molar-refractivity contribution in [2.24, 2.45) is 0 Å². The molecule has 1 N–H and O–H groups in total. The Morgan fingerprint density at radius 1 is 0.840 bits per heavy atom. The summed E-state index contributed by atoms with van der Waals surface area (Å²) in [6, 6.07) is 7.84. The van der Waals surface area contributed by atoms with E-state index in [0.717, 1.165) is 24.4 Å². The Morgan fingerprint density at radius 3 is 2.00 bits per heavy atom. The fourth-order valence-corrected chi connectivity index (χ4v) is 2.43. The van der Waals surface area contributed by atoms with Gasteiger partial charge in [0.05, 0.1) is 0 Å². The van der Waals surface area contributed by atoms with Gasteiger partial charge in [-0.25, -0.2) is 27.3 Å². The minimum absolute atomic E-state index is 0.0284. The number of pyridine rings is 1. The molecule has 1 heterocycles. The summed E-state index contributed by atoms with van der Waals surface area (Å²) in [5.41, 5.74) is -1.28. The molecule has 0 unspecified atom stereocenters. The summed E-state index contributed by atoms with van der Waals surface area (Å²) >= 11 is 0. The molecule has 3 rings (SSSR count). The highest BCUT2D eigenvalue weighted by Gasteiger charge is 2.20. The van der Waals surface area contributed by atoms with Crippen LogP contribution >= 0.6 is 0 Å². The molecule has 25 heavy (non-hydrogen) atoms. The van der Waals surface area contributed by atoms with Crippen LogP contribution in [0.5, 0.6) is 0 Å². The van der Waals surface area contributed by atoms with Crippen molar-refractivity contribution in [2.45, 2.75) is 0 Å². The predicted molar refractivity (Wildman–Crippen MR) is 81.9 cm³/mol. The van der Waals surface area contributed by atoms with Gasteiger partial charge in [-0.3, -0.25) is 0 Å². The van der Waals surface area contributed by atoms with E-state index < -0.39 is 34.9 Å². The van der Waals surface area contributed by atoms with Crippen molar-refractivity contribution in [3.63, 3.8) is 0 Å². The van der Waals surface area contributed by atoms with E-state index in [0.29, 0.717) is 0 Å². The molecule has 0 spiro atoms. The molecule has 126 valence electrons. The second-order valence-electron chi connectivity index (χ2n) is 5.13. The summed E-state index contributed by atoms with van der Waals surface area (Å²) in [6.07, 6.45) is 1.03. The number of benzene rings is 2. The van der Waals surface area contributed by atoms with Crippen molar-refractivity contribution in [1.82, 2.24) is 4.98 Å². The van der Waals surface area contributed by atoms with Gasteiger partial charge in [-0.05, 0) is 18.2 Å². The molecule has 0 amide bonds. The Labute approximate surface area is 139 Å². The molecular formula is C18H9F4NO2. The molecule has 0 aliphatic rings. The maximum absolute atomic E-state index is 14.1. The molecular weight excluding hydrogens is 338 g/mol. The van der Waals surface area contributed by atoms with E-state index in [4.69, 9.17) is 0 Å². The number of hydrogen-bond donors (Lipinski definition) is 1. The molecule has 2 aromatic carbocycles. The molecule has 0 radical (unpaired) electrons. The van der Waals surface area contributed by atoms with E-state index in [1.54, 1.807) is 0 Å². The number of carbonyl (C=O) groups is 1. The topological polar surface area (TPSA) is 50.2 Å². The van der Waals surface area contributed by atoms with Crippen LogP contribution in [-0.2, 0) is 0 Å². The zero-order valence-electron chi connectivity index (χ0n) is 12.4. The van der Waals surface area contributed by atoms with Gasteiger partial charge in [0.1, 0.15) is 0 Å². The lowest BCUT2D eigenvalue weighted by atomic mass is 9.98. The Hall–Kier alpha value is -3.22. The molecule has 1 aromatic heterocycles. The molecule has 0 aliphatic carbocycles. The van der Waals surface area contributed by atoms with Gasteiger partial charge in [-0.1, -0.05) is 24.3 Å². The van der Waals surface area contributed by atoms with Crippen molar-refractivity contribution < 1.29 is 27.5 Å². The number of aromatic carboxylic acids is 1. The first-order valence-corrected chi connectivity index (χ1v) is 7.02. The van der Waals surface area contributed by atoms with Crippen molar-refractivity contribution in [1.29, 1.82) is 0 Å². The van der Waals surface area contributed by atoms with Crippen molar-refractivity contribution >= 4 is 5.97 Å². The molecule has 7 heteroatoms. The van der Waals surface area contributed by atoms with E-state index in [1.807, 2.05) is 0 Å². The third-order valence-electron chi connectivity index (χ3n) is 3.59. The molecule has 0 aliphatic heterocycles. The lowest BCUT2D eigenvalue weighted by Gasteiger charge is -2.11. The van der Waals surface area contributed by atoms with Gasteiger partial charge in [0.25, 0.3) is 0 Å². The Morgan fingerprint density at radius 2 is 1.40 bits per heavy atom. The van der Waals surface area contributed by atoms with Gasteiger partial charge in [-0.2, -0.15) is 0 Å². The smallest absolute Gasteiger partial charge is 0.355 e. The maximum Gasteiger partial charge on any atom is 0.355 e. The van der Waals surface area contributed by atoms with Crippen molar-refractivity contribution in [3.05, 3.63) is 77.6 Å². The lowest BCUT2D eigenvalue weighted by Crippen LogP contribution is -2.05. The normalized spacial score (nSPS) is 10.7. The van der Waals surface area contributed by atoms with Gasteiger partial charge >= 0.3 is 5.97 Å². The Kier molecular flexibility index (Phi) is 4.22. The lowest BCUT2D eigenvalue weighted by molar-refractivity contribution is 0.0691. The minimum Gasteiger partial charge on any atom is -0.476 e. The first-order valence-electron chi connectivity index (χ1n) is 7.02. The minimum atomic E-state index is -1.47. The summed E-state index contributed by atoms with van der Waals surface area (Å²) in [5.74, 6) is -6.15. The van der Waals surface area contributed by atoms with E-state index >= 15 is 0 Å². The highest BCUT2D eigenvalue weighted by Crippen LogP contribution is 2.32. The van der Waals surface area contributed by atoms with Gasteiger partial charge in [0.2, 0.25) is 0 Å². The highest BCUT2D eigenvalue weighted by atomic mass is 19.2. The quantitative estimate of drug-likeness (QED) is 0.701. The second-order valence-corrected chi connectivity index (χ2v) is 5.13. The molecule has 0 atom stereocenters. The Balaban J connectivity index is 2.28. The zero-order chi connectivity index (χ0) is 18.1.